The standard InChI is InChI=1S/C9H8N4O3/c14-8-7(13(15)16)11-9(12-8)10-6-4-2-1-3-5-6/h1-5,14H,(H2,10,11,12). The summed E-state index contributed by atoms with van der Waals surface area (Å²) in [5.41, 5.74) is 0.714. The first-order valence-electron chi connectivity index (χ1n) is 4.42. The molecule has 0 atom stereocenters. The third kappa shape index (κ3) is 1.92. The Morgan fingerprint density at radius 1 is 1.38 bits per heavy atom. The zero-order chi connectivity index (χ0) is 11.5. The van der Waals surface area contributed by atoms with Gasteiger partial charge in [0.05, 0.1) is 0 Å². The summed E-state index contributed by atoms with van der Waals surface area (Å²) in [4.78, 5) is 15.6. The van der Waals surface area contributed by atoms with Gasteiger partial charge in [0, 0.05) is 5.69 Å². The van der Waals surface area contributed by atoms with Crippen molar-refractivity contribution in [1.29, 1.82) is 0 Å². The van der Waals surface area contributed by atoms with E-state index >= 15 is 0 Å². The summed E-state index contributed by atoms with van der Waals surface area (Å²) in [6.45, 7) is 0. The smallest absolute Gasteiger partial charge is 0.386 e. The normalized spacial score (nSPS) is 10.0. The monoisotopic (exact) mass is 220 g/mol. The number of aromatic hydroxyl groups is 1. The molecule has 2 rings (SSSR count). The van der Waals surface area contributed by atoms with Gasteiger partial charge in [0.15, 0.2) is 0 Å². The fourth-order valence-corrected chi connectivity index (χ4v) is 1.20. The van der Waals surface area contributed by atoms with E-state index in [1.54, 1.807) is 24.3 Å². The molecular weight excluding hydrogens is 212 g/mol. The molecule has 0 unspecified atom stereocenters. The van der Waals surface area contributed by atoms with Gasteiger partial charge in [-0.25, -0.2) is 4.98 Å². The minimum absolute atomic E-state index is 0.121. The van der Waals surface area contributed by atoms with Gasteiger partial charge in [-0.05, 0) is 17.1 Å². The molecule has 7 heteroatoms. The van der Waals surface area contributed by atoms with E-state index in [0.29, 0.717) is 5.69 Å². The lowest BCUT2D eigenvalue weighted by Gasteiger charge is -1.97. The lowest BCUT2D eigenvalue weighted by Crippen LogP contribution is -1.92. The van der Waals surface area contributed by atoms with Crippen LogP contribution in [-0.4, -0.2) is 20.0 Å². The molecule has 0 bridgehead atoms. The molecule has 0 aliphatic rings. The van der Waals surface area contributed by atoms with E-state index < -0.39 is 16.6 Å². The average molecular weight is 220 g/mol. The molecule has 16 heavy (non-hydrogen) atoms. The molecule has 7 nitrogen and oxygen atoms in total. The largest absolute Gasteiger partial charge is 0.487 e. The summed E-state index contributed by atoms with van der Waals surface area (Å²) < 4.78 is 0. The summed E-state index contributed by atoms with van der Waals surface area (Å²) in [5, 5.41) is 22.4. The Labute approximate surface area is 89.9 Å². The third-order valence-corrected chi connectivity index (χ3v) is 1.89. The van der Waals surface area contributed by atoms with Gasteiger partial charge in [-0.2, -0.15) is 0 Å². The number of nitrogens with zero attached hydrogens (tertiary/aromatic N) is 2. The van der Waals surface area contributed by atoms with Gasteiger partial charge in [-0.3, -0.25) is 0 Å². The van der Waals surface area contributed by atoms with E-state index in [0.717, 1.165) is 0 Å². The predicted octanol–water partition coefficient (Wildman–Crippen LogP) is 1.77. The number of imidazole rings is 1. The molecule has 0 spiro atoms. The number of aromatic nitrogens is 2. The minimum atomic E-state index is -0.738. The maximum absolute atomic E-state index is 10.4. The Morgan fingerprint density at radius 3 is 2.62 bits per heavy atom. The van der Waals surface area contributed by atoms with E-state index in [2.05, 4.69) is 15.3 Å². The average Bonchev–Trinajstić information content (AvgIpc) is 2.61. The number of para-hydroxylation sites is 1. The Morgan fingerprint density at radius 2 is 2.06 bits per heavy atom. The molecule has 1 aromatic carbocycles. The lowest BCUT2D eigenvalue weighted by molar-refractivity contribution is -0.390. The molecule has 0 aliphatic carbocycles. The SMILES string of the molecule is O=[N+]([O-])c1[nH]c(Nc2ccccc2)nc1O. The number of nitro groups is 1. The number of benzene rings is 1. The molecule has 0 aliphatic heterocycles. The van der Waals surface area contributed by atoms with E-state index in [1.807, 2.05) is 6.07 Å². The second-order valence-electron chi connectivity index (χ2n) is 3.01. The molecule has 0 amide bonds. The second-order valence-corrected chi connectivity index (χ2v) is 3.01. The van der Waals surface area contributed by atoms with Gasteiger partial charge < -0.3 is 20.5 Å². The topological polar surface area (TPSA) is 104 Å². The Balaban J connectivity index is 2.23. The maximum atomic E-state index is 10.4. The van der Waals surface area contributed by atoms with Crippen molar-refractivity contribution in [3.63, 3.8) is 0 Å². The van der Waals surface area contributed by atoms with Crippen molar-refractivity contribution in [3.8, 4) is 5.88 Å². The quantitative estimate of drug-likeness (QED) is 0.540. The lowest BCUT2D eigenvalue weighted by atomic mass is 10.3. The zero-order valence-electron chi connectivity index (χ0n) is 8.04. The van der Waals surface area contributed by atoms with E-state index in [4.69, 9.17) is 5.11 Å². The van der Waals surface area contributed by atoms with Crippen LogP contribution in [0.1, 0.15) is 0 Å². The maximum Gasteiger partial charge on any atom is 0.386 e. The number of rotatable bonds is 3. The van der Waals surface area contributed by atoms with E-state index in [9.17, 15) is 10.1 Å². The van der Waals surface area contributed by atoms with Crippen LogP contribution < -0.4 is 5.32 Å². The first kappa shape index (κ1) is 9.97. The summed E-state index contributed by atoms with van der Waals surface area (Å²) in [6.07, 6.45) is 0. The number of hydrogen-bond donors (Lipinski definition) is 3. The number of nitrogens with one attached hydrogen (secondary N) is 2. The van der Waals surface area contributed by atoms with Crippen LogP contribution in [0.25, 0.3) is 0 Å². The number of anilines is 2. The van der Waals surface area contributed by atoms with Crippen LogP contribution in [0.2, 0.25) is 0 Å². The van der Waals surface area contributed by atoms with Crippen molar-refractivity contribution < 1.29 is 10.0 Å². The number of H-pyrrole nitrogens is 1. The zero-order valence-corrected chi connectivity index (χ0v) is 8.04. The van der Waals surface area contributed by atoms with Crippen molar-refractivity contribution in [3.05, 3.63) is 40.4 Å². The van der Waals surface area contributed by atoms with Crippen molar-refractivity contribution in [2.45, 2.75) is 0 Å². The molecule has 0 fully saturated rings. The van der Waals surface area contributed by atoms with Crippen LogP contribution in [0, 0.1) is 10.1 Å². The fourth-order valence-electron chi connectivity index (χ4n) is 1.20. The van der Waals surface area contributed by atoms with E-state index in [-0.39, 0.29) is 5.95 Å². The molecule has 0 saturated heterocycles. The Bertz CT molecular complexity index is 509. The highest BCUT2D eigenvalue weighted by atomic mass is 16.6. The van der Waals surface area contributed by atoms with Crippen LogP contribution in [-0.2, 0) is 0 Å². The minimum Gasteiger partial charge on any atom is -0.487 e. The molecule has 3 N–H and O–H groups in total. The molecule has 1 aromatic heterocycles. The van der Waals surface area contributed by atoms with Crippen molar-refractivity contribution in [1.82, 2.24) is 9.97 Å². The summed E-state index contributed by atoms with van der Waals surface area (Å²) >= 11 is 0. The molecule has 0 radical (unpaired) electrons. The van der Waals surface area contributed by atoms with E-state index in [1.165, 1.54) is 0 Å². The highest BCUT2D eigenvalue weighted by Gasteiger charge is 2.18. The second kappa shape index (κ2) is 3.89. The molecular formula is C9H8N4O3. The molecule has 1 heterocycles. The van der Waals surface area contributed by atoms with Crippen molar-refractivity contribution in [2.24, 2.45) is 0 Å². The summed E-state index contributed by atoms with van der Waals surface area (Å²) in [6, 6.07) is 8.99. The van der Waals surface area contributed by atoms with Crippen LogP contribution in [0.3, 0.4) is 0 Å². The molecule has 2 aromatic rings. The number of aromatic amines is 1. The van der Waals surface area contributed by atoms with Gasteiger partial charge in [-0.15, -0.1) is 4.98 Å². The fraction of sp³-hybridized carbons (Fsp3) is 0. The molecule has 82 valence electrons. The predicted molar refractivity (Wildman–Crippen MR) is 56.6 cm³/mol. The highest BCUT2D eigenvalue weighted by Crippen LogP contribution is 2.25. The van der Waals surface area contributed by atoms with Gasteiger partial charge >= 0.3 is 17.6 Å². The number of hydrogen-bond acceptors (Lipinski definition) is 5. The van der Waals surface area contributed by atoms with Crippen LogP contribution in [0.15, 0.2) is 30.3 Å². The summed E-state index contributed by atoms with van der Waals surface area (Å²) in [5.74, 6) is -1.04. The third-order valence-electron chi connectivity index (χ3n) is 1.89. The van der Waals surface area contributed by atoms with Crippen LogP contribution in [0.4, 0.5) is 17.5 Å². The van der Waals surface area contributed by atoms with Crippen LogP contribution >= 0.6 is 0 Å². The van der Waals surface area contributed by atoms with Gasteiger partial charge in [0.2, 0.25) is 0 Å². The first-order valence-corrected chi connectivity index (χ1v) is 4.42. The first-order chi connectivity index (χ1) is 7.66. The highest BCUT2D eigenvalue weighted by molar-refractivity contribution is 5.55. The van der Waals surface area contributed by atoms with Crippen molar-refractivity contribution in [2.75, 3.05) is 5.32 Å². The van der Waals surface area contributed by atoms with Gasteiger partial charge in [0.25, 0.3) is 0 Å². The van der Waals surface area contributed by atoms with Crippen LogP contribution in [0.5, 0.6) is 5.88 Å². The Kier molecular flexibility index (Phi) is 2.42. The summed E-state index contributed by atoms with van der Waals surface area (Å²) in [7, 11) is 0. The van der Waals surface area contributed by atoms with Crippen molar-refractivity contribution >= 4 is 17.5 Å². The molecule has 0 saturated carbocycles. The van der Waals surface area contributed by atoms with Gasteiger partial charge in [-0.1, -0.05) is 18.2 Å². The van der Waals surface area contributed by atoms with Gasteiger partial charge in [0.1, 0.15) is 0 Å². The Hall–Kier alpha value is -2.57.